The molecule has 4 aliphatic rings. The van der Waals surface area contributed by atoms with E-state index < -0.39 is 28.2 Å². The molecule has 0 aromatic heterocycles. The first-order chi connectivity index (χ1) is 13.0. The molecule has 0 amide bonds. The predicted octanol–water partition coefficient (Wildman–Crippen LogP) is 3.25. The van der Waals surface area contributed by atoms with Crippen LogP contribution in [0.5, 0.6) is 0 Å². The standard InChI is InChI=1S/C22H30O5S/c1-12(23)27-22(19(26)28)9-7-16-15-5-4-13-10-14(24)6-8-20(13,2)18(15)17(25)11-21(16,22)3/h10,15-18,25H,4-9,11H2,1-3H3,(H,26,28)/t15-,16-,17-,18+,20-,21-,22-/m0/s1. The van der Waals surface area contributed by atoms with Crippen LogP contribution in [0.15, 0.2) is 11.6 Å². The average Bonchev–Trinajstić information content (AvgIpc) is 2.88. The monoisotopic (exact) mass is 406 g/mol. The van der Waals surface area contributed by atoms with E-state index in [0.717, 1.165) is 25.7 Å². The molecule has 4 aliphatic carbocycles. The SMILES string of the molecule is CC(=O)O[C@]1(C(=O)S)CC[C@H]2[C@@H]3CCC4=CC(=O)CC[C@]4(C)[C@H]3[C@@H](O)C[C@@]21C. The molecule has 0 aromatic rings. The maximum Gasteiger partial charge on any atom is 0.303 e. The van der Waals surface area contributed by atoms with E-state index in [1.165, 1.54) is 12.5 Å². The van der Waals surface area contributed by atoms with Crippen LogP contribution < -0.4 is 0 Å². The molecule has 0 unspecified atom stereocenters. The molecular formula is C22H30O5S. The van der Waals surface area contributed by atoms with E-state index in [2.05, 4.69) is 19.6 Å². The van der Waals surface area contributed by atoms with Crippen molar-refractivity contribution in [2.45, 2.75) is 77.4 Å². The molecule has 0 bridgehead atoms. The first-order valence-electron chi connectivity index (χ1n) is 10.4. The molecule has 6 heteroatoms. The lowest BCUT2D eigenvalue weighted by atomic mass is 9.45. The smallest absolute Gasteiger partial charge is 0.303 e. The van der Waals surface area contributed by atoms with Crippen LogP contribution >= 0.6 is 12.6 Å². The number of thiol groups is 1. The van der Waals surface area contributed by atoms with Crippen LogP contribution in [0.3, 0.4) is 0 Å². The number of carbonyl (C=O) groups excluding carboxylic acids is 3. The molecule has 4 rings (SSSR count). The molecule has 3 fully saturated rings. The molecule has 1 N–H and O–H groups in total. The van der Waals surface area contributed by atoms with Gasteiger partial charge in [0, 0.05) is 18.8 Å². The number of aliphatic hydroxyl groups excluding tert-OH is 1. The van der Waals surface area contributed by atoms with Crippen LogP contribution in [0.2, 0.25) is 0 Å². The Hall–Kier alpha value is -1.14. The maximum atomic E-state index is 12.6. The third-order valence-corrected chi connectivity index (χ3v) is 9.04. The number of esters is 1. The van der Waals surface area contributed by atoms with Crippen molar-refractivity contribution in [2.75, 3.05) is 0 Å². The quantitative estimate of drug-likeness (QED) is 0.544. The molecule has 0 radical (unpaired) electrons. The lowest BCUT2D eigenvalue weighted by molar-refractivity contribution is -0.195. The van der Waals surface area contributed by atoms with Gasteiger partial charge < -0.3 is 9.84 Å². The van der Waals surface area contributed by atoms with Crippen molar-refractivity contribution in [3.05, 3.63) is 11.6 Å². The second-order valence-electron chi connectivity index (χ2n) is 9.84. The highest BCUT2D eigenvalue weighted by molar-refractivity contribution is 7.96. The number of aliphatic hydroxyl groups is 1. The average molecular weight is 407 g/mol. The number of fused-ring (bicyclic) bond motifs is 5. The first-order valence-corrected chi connectivity index (χ1v) is 10.8. The van der Waals surface area contributed by atoms with Crippen LogP contribution in [0.4, 0.5) is 0 Å². The van der Waals surface area contributed by atoms with Gasteiger partial charge in [0.15, 0.2) is 11.4 Å². The summed E-state index contributed by atoms with van der Waals surface area (Å²) in [4.78, 5) is 36.4. The summed E-state index contributed by atoms with van der Waals surface area (Å²) in [5, 5.41) is 10.9. The molecule has 7 atom stereocenters. The van der Waals surface area contributed by atoms with Gasteiger partial charge in [0.2, 0.25) is 5.12 Å². The van der Waals surface area contributed by atoms with Gasteiger partial charge in [-0.3, -0.25) is 14.4 Å². The van der Waals surface area contributed by atoms with Gasteiger partial charge in [-0.2, -0.15) is 0 Å². The number of ether oxygens (including phenoxy) is 1. The minimum absolute atomic E-state index is 0.0711. The van der Waals surface area contributed by atoms with Gasteiger partial charge in [0.25, 0.3) is 0 Å². The normalized spacial score (nSPS) is 47.5. The Morgan fingerprint density at radius 2 is 1.93 bits per heavy atom. The minimum atomic E-state index is -1.27. The zero-order chi connectivity index (χ0) is 20.5. The van der Waals surface area contributed by atoms with Crippen molar-refractivity contribution in [3.63, 3.8) is 0 Å². The number of rotatable bonds is 2. The van der Waals surface area contributed by atoms with E-state index in [1.807, 2.05) is 13.0 Å². The summed E-state index contributed by atoms with van der Waals surface area (Å²) in [6.07, 6.45) is 5.94. The Balaban J connectivity index is 1.75. The van der Waals surface area contributed by atoms with Crippen molar-refractivity contribution in [1.82, 2.24) is 0 Å². The Kier molecular flexibility index (Phi) is 4.63. The van der Waals surface area contributed by atoms with Gasteiger partial charge in [-0.1, -0.05) is 19.4 Å². The van der Waals surface area contributed by atoms with Gasteiger partial charge in [-0.25, -0.2) is 0 Å². The van der Waals surface area contributed by atoms with Gasteiger partial charge in [0.05, 0.1) is 6.10 Å². The molecule has 0 heterocycles. The van der Waals surface area contributed by atoms with Gasteiger partial charge in [-0.15, -0.1) is 12.6 Å². The summed E-state index contributed by atoms with van der Waals surface area (Å²) < 4.78 is 5.67. The molecule has 0 spiro atoms. The summed E-state index contributed by atoms with van der Waals surface area (Å²) in [6, 6.07) is 0. The van der Waals surface area contributed by atoms with Crippen LogP contribution in [-0.2, 0) is 19.1 Å². The van der Waals surface area contributed by atoms with E-state index in [0.29, 0.717) is 19.3 Å². The molecule has 0 aliphatic heterocycles. The Morgan fingerprint density at radius 3 is 2.57 bits per heavy atom. The Bertz CT molecular complexity index is 775. The molecule has 3 saturated carbocycles. The predicted molar refractivity (Wildman–Crippen MR) is 107 cm³/mol. The fourth-order valence-electron chi connectivity index (χ4n) is 7.48. The molecule has 5 nitrogen and oxygen atoms in total. The van der Waals surface area contributed by atoms with Crippen LogP contribution in [0.25, 0.3) is 0 Å². The number of hydrogen-bond acceptors (Lipinski definition) is 5. The van der Waals surface area contributed by atoms with E-state index >= 15 is 0 Å². The maximum absolute atomic E-state index is 12.6. The van der Waals surface area contributed by atoms with Gasteiger partial charge in [0.1, 0.15) is 0 Å². The van der Waals surface area contributed by atoms with E-state index in [-0.39, 0.29) is 29.0 Å². The molecular weight excluding hydrogens is 376 g/mol. The highest BCUT2D eigenvalue weighted by Gasteiger charge is 2.70. The number of hydrogen-bond donors (Lipinski definition) is 2. The van der Waals surface area contributed by atoms with E-state index in [1.54, 1.807) is 0 Å². The van der Waals surface area contributed by atoms with E-state index in [4.69, 9.17) is 4.74 Å². The minimum Gasteiger partial charge on any atom is -0.450 e. The third kappa shape index (κ3) is 2.53. The molecule has 154 valence electrons. The second kappa shape index (κ2) is 6.43. The van der Waals surface area contributed by atoms with Crippen LogP contribution in [-0.4, -0.2) is 33.7 Å². The van der Waals surface area contributed by atoms with Crippen molar-refractivity contribution in [2.24, 2.45) is 28.6 Å². The highest BCUT2D eigenvalue weighted by atomic mass is 32.1. The van der Waals surface area contributed by atoms with E-state index in [9.17, 15) is 19.5 Å². The molecule has 0 saturated heterocycles. The fourth-order valence-corrected chi connectivity index (χ4v) is 7.90. The second-order valence-corrected chi connectivity index (χ2v) is 10.2. The van der Waals surface area contributed by atoms with Gasteiger partial charge in [-0.05, 0) is 67.8 Å². The largest absolute Gasteiger partial charge is 0.450 e. The number of ketones is 1. The zero-order valence-corrected chi connectivity index (χ0v) is 17.8. The topological polar surface area (TPSA) is 80.7 Å². The zero-order valence-electron chi connectivity index (χ0n) is 16.9. The summed E-state index contributed by atoms with van der Waals surface area (Å²) in [5.74, 6) is 0.215. The lowest BCUT2D eigenvalue weighted by Crippen LogP contribution is -2.62. The fraction of sp³-hybridized carbons (Fsp3) is 0.773. The molecule has 0 aromatic carbocycles. The Labute approximate surface area is 171 Å². The number of allylic oxidation sites excluding steroid dienone is 1. The van der Waals surface area contributed by atoms with Gasteiger partial charge >= 0.3 is 5.97 Å². The van der Waals surface area contributed by atoms with Crippen LogP contribution in [0, 0.1) is 28.6 Å². The lowest BCUT2D eigenvalue weighted by Gasteiger charge is -2.60. The first kappa shape index (κ1) is 20.1. The summed E-state index contributed by atoms with van der Waals surface area (Å²) in [5.41, 5.74) is -0.879. The van der Waals surface area contributed by atoms with Crippen molar-refractivity contribution < 1.29 is 24.2 Å². The van der Waals surface area contributed by atoms with Crippen molar-refractivity contribution in [3.8, 4) is 0 Å². The Morgan fingerprint density at radius 1 is 1.21 bits per heavy atom. The van der Waals surface area contributed by atoms with Crippen molar-refractivity contribution >= 4 is 29.5 Å². The van der Waals surface area contributed by atoms with Crippen LogP contribution in [0.1, 0.15) is 65.7 Å². The summed E-state index contributed by atoms with van der Waals surface area (Å²) >= 11 is 4.13. The third-order valence-electron chi connectivity index (χ3n) is 8.68. The summed E-state index contributed by atoms with van der Waals surface area (Å²) in [7, 11) is 0. The molecule has 28 heavy (non-hydrogen) atoms. The summed E-state index contributed by atoms with van der Waals surface area (Å²) in [6.45, 7) is 5.53. The van der Waals surface area contributed by atoms with Crippen molar-refractivity contribution in [1.29, 1.82) is 0 Å². The number of carbonyl (C=O) groups is 3. The highest BCUT2D eigenvalue weighted by Crippen LogP contribution is 2.68.